The number of rotatable bonds is 5. The number of aldehydes is 1. The summed E-state index contributed by atoms with van der Waals surface area (Å²) in [6.45, 7) is 6.48. The highest BCUT2D eigenvalue weighted by molar-refractivity contribution is 6.09. The second-order valence-corrected chi connectivity index (χ2v) is 4.11. The zero-order valence-electron chi connectivity index (χ0n) is 11.2. The summed E-state index contributed by atoms with van der Waals surface area (Å²) in [7, 11) is 0. The summed E-state index contributed by atoms with van der Waals surface area (Å²) >= 11 is 0. The fraction of sp³-hybridized carbons (Fsp3) is 0.133. The Morgan fingerprint density at radius 2 is 2.00 bits per heavy atom. The van der Waals surface area contributed by atoms with Gasteiger partial charge in [0.05, 0.1) is 5.56 Å². The molecule has 5 heteroatoms. The van der Waals surface area contributed by atoms with Crippen molar-refractivity contribution in [3.05, 3.63) is 47.6 Å². The number of benzene rings is 1. The van der Waals surface area contributed by atoms with E-state index in [9.17, 15) is 19.5 Å². The van der Waals surface area contributed by atoms with Gasteiger partial charge in [-0.2, -0.15) is 0 Å². The lowest BCUT2D eigenvalue weighted by Gasteiger charge is -2.11. The third kappa shape index (κ3) is 3.41. The lowest BCUT2D eigenvalue weighted by atomic mass is 10.0. The third-order valence-corrected chi connectivity index (χ3v) is 2.52. The summed E-state index contributed by atoms with van der Waals surface area (Å²) in [5.41, 5.74) is 0.501. The first kappa shape index (κ1) is 15.4. The van der Waals surface area contributed by atoms with Crippen molar-refractivity contribution in [1.82, 2.24) is 0 Å². The second-order valence-electron chi connectivity index (χ2n) is 4.11. The maximum absolute atomic E-state index is 11.9. The fourth-order valence-corrected chi connectivity index (χ4v) is 1.50. The van der Waals surface area contributed by atoms with Crippen LogP contribution >= 0.6 is 0 Å². The highest BCUT2D eigenvalue weighted by Crippen LogP contribution is 2.30. The zero-order chi connectivity index (χ0) is 15.3. The SMILES string of the molecule is C=C(C)C(=O)Oc1ccc(O)c(C(=O)/C=C\C=O)c1C. The largest absolute Gasteiger partial charge is 0.507 e. The van der Waals surface area contributed by atoms with Gasteiger partial charge in [0.25, 0.3) is 0 Å². The number of phenols is 1. The summed E-state index contributed by atoms with van der Waals surface area (Å²) in [4.78, 5) is 33.5. The summed E-state index contributed by atoms with van der Waals surface area (Å²) in [5, 5.41) is 9.73. The molecule has 0 unspecified atom stereocenters. The number of aromatic hydroxyl groups is 1. The average Bonchev–Trinajstić information content (AvgIpc) is 2.39. The standard InChI is InChI=1S/C15H14O5/c1-9(2)15(19)20-13-7-6-12(18)14(10(13)3)11(17)5-4-8-16/h4-8,18H,1H2,2-3H3/b5-4-. The molecular weight excluding hydrogens is 260 g/mol. The van der Waals surface area contributed by atoms with Crippen LogP contribution in [0.3, 0.4) is 0 Å². The Kier molecular flexibility index (Phi) is 4.97. The predicted octanol–water partition coefficient (Wildman–Crippen LogP) is 2.12. The molecule has 0 bridgehead atoms. The van der Waals surface area contributed by atoms with E-state index in [1.807, 2.05) is 0 Å². The molecule has 0 amide bonds. The Balaban J connectivity index is 3.23. The molecule has 0 aliphatic rings. The van der Waals surface area contributed by atoms with Crippen molar-refractivity contribution < 1.29 is 24.2 Å². The first-order chi connectivity index (χ1) is 9.38. The quantitative estimate of drug-likeness (QED) is 0.292. The number of phenolic OH excluding ortho intramolecular Hbond substituents is 1. The van der Waals surface area contributed by atoms with Crippen LogP contribution in [0.25, 0.3) is 0 Å². The molecule has 104 valence electrons. The van der Waals surface area contributed by atoms with Crippen LogP contribution in [0.15, 0.2) is 36.4 Å². The Bertz CT molecular complexity index is 611. The highest BCUT2D eigenvalue weighted by Gasteiger charge is 2.17. The Labute approximate surface area is 116 Å². The summed E-state index contributed by atoms with van der Waals surface area (Å²) in [5.74, 6) is -1.28. The minimum absolute atomic E-state index is 0.0184. The van der Waals surface area contributed by atoms with Crippen molar-refractivity contribution in [2.75, 3.05) is 0 Å². The van der Waals surface area contributed by atoms with Crippen LogP contribution in [-0.2, 0) is 9.59 Å². The van der Waals surface area contributed by atoms with Crippen LogP contribution in [0.2, 0.25) is 0 Å². The van der Waals surface area contributed by atoms with E-state index in [0.717, 1.165) is 12.2 Å². The average molecular weight is 274 g/mol. The number of ketones is 1. The van der Waals surface area contributed by atoms with Crippen molar-refractivity contribution in [2.45, 2.75) is 13.8 Å². The van der Waals surface area contributed by atoms with Crippen LogP contribution < -0.4 is 4.74 Å². The lowest BCUT2D eigenvalue weighted by Crippen LogP contribution is -2.10. The Hall–Kier alpha value is -2.69. The van der Waals surface area contributed by atoms with Crippen LogP contribution in [0.1, 0.15) is 22.8 Å². The number of hydrogen-bond donors (Lipinski definition) is 1. The molecular formula is C15H14O5. The molecule has 1 aromatic carbocycles. The Morgan fingerprint density at radius 3 is 2.55 bits per heavy atom. The zero-order valence-corrected chi connectivity index (χ0v) is 11.2. The third-order valence-electron chi connectivity index (χ3n) is 2.52. The van der Waals surface area contributed by atoms with Gasteiger partial charge >= 0.3 is 5.97 Å². The smallest absolute Gasteiger partial charge is 0.338 e. The maximum Gasteiger partial charge on any atom is 0.338 e. The van der Waals surface area contributed by atoms with E-state index >= 15 is 0 Å². The molecule has 0 aliphatic heterocycles. The van der Waals surface area contributed by atoms with E-state index in [1.54, 1.807) is 0 Å². The molecule has 0 saturated carbocycles. The van der Waals surface area contributed by atoms with E-state index in [1.165, 1.54) is 26.0 Å². The Morgan fingerprint density at radius 1 is 1.35 bits per heavy atom. The molecule has 1 N–H and O–H groups in total. The predicted molar refractivity (Wildman–Crippen MR) is 72.8 cm³/mol. The van der Waals surface area contributed by atoms with Crippen LogP contribution in [0.4, 0.5) is 0 Å². The fourth-order valence-electron chi connectivity index (χ4n) is 1.50. The van der Waals surface area contributed by atoms with Gasteiger partial charge < -0.3 is 9.84 Å². The number of carbonyl (C=O) groups is 3. The molecule has 1 rings (SSSR count). The van der Waals surface area contributed by atoms with Crippen molar-refractivity contribution in [3.8, 4) is 11.5 Å². The van der Waals surface area contributed by atoms with Crippen molar-refractivity contribution in [2.24, 2.45) is 0 Å². The molecule has 0 saturated heterocycles. The molecule has 0 atom stereocenters. The minimum Gasteiger partial charge on any atom is -0.507 e. The molecule has 0 spiro atoms. The molecule has 0 aromatic heterocycles. The van der Waals surface area contributed by atoms with Gasteiger partial charge in [0, 0.05) is 11.1 Å². The van der Waals surface area contributed by atoms with Crippen molar-refractivity contribution >= 4 is 18.0 Å². The van der Waals surface area contributed by atoms with E-state index in [4.69, 9.17) is 4.74 Å². The van der Waals surface area contributed by atoms with Crippen LogP contribution in [-0.4, -0.2) is 23.1 Å². The number of esters is 1. The van der Waals surface area contributed by atoms with Gasteiger partial charge in [-0.3, -0.25) is 9.59 Å². The van der Waals surface area contributed by atoms with E-state index in [2.05, 4.69) is 6.58 Å². The molecule has 1 aromatic rings. The second kappa shape index (κ2) is 6.47. The van der Waals surface area contributed by atoms with E-state index in [0.29, 0.717) is 11.8 Å². The molecule has 20 heavy (non-hydrogen) atoms. The summed E-state index contributed by atoms with van der Waals surface area (Å²) < 4.78 is 5.06. The van der Waals surface area contributed by atoms with Crippen molar-refractivity contribution in [1.29, 1.82) is 0 Å². The molecule has 5 nitrogen and oxygen atoms in total. The van der Waals surface area contributed by atoms with Gasteiger partial charge in [-0.1, -0.05) is 6.58 Å². The summed E-state index contributed by atoms with van der Waals surface area (Å²) in [6, 6.07) is 2.63. The molecule has 0 fully saturated rings. The highest BCUT2D eigenvalue weighted by atomic mass is 16.5. The van der Waals surface area contributed by atoms with E-state index in [-0.39, 0.29) is 22.6 Å². The minimum atomic E-state index is -0.624. The maximum atomic E-state index is 11.9. The number of carbonyl (C=O) groups excluding carboxylic acids is 3. The van der Waals surface area contributed by atoms with Crippen molar-refractivity contribution in [3.63, 3.8) is 0 Å². The topological polar surface area (TPSA) is 80.7 Å². The van der Waals surface area contributed by atoms with Crippen LogP contribution in [0.5, 0.6) is 11.5 Å². The van der Waals surface area contributed by atoms with Gasteiger partial charge in [0.2, 0.25) is 0 Å². The summed E-state index contributed by atoms with van der Waals surface area (Å²) in [6.07, 6.45) is 2.50. The van der Waals surface area contributed by atoms with Crippen LogP contribution in [0, 0.1) is 6.92 Å². The van der Waals surface area contributed by atoms with Gasteiger partial charge in [0.15, 0.2) is 5.78 Å². The van der Waals surface area contributed by atoms with Gasteiger partial charge in [-0.25, -0.2) is 4.79 Å². The molecule has 0 aliphatic carbocycles. The molecule has 0 radical (unpaired) electrons. The number of ether oxygens (including phenoxy) is 1. The van der Waals surface area contributed by atoms with Gasteiger partial charge in [-0.15, -0.1) is 0 Å². The van der Waals surface area contributed by atoms with Gasteiger partial charge in [0.1, 0.15) is 17.8 Å². The first-order valence-electron chi connectivity index (χ1n) is 5.75. The lowest BCUT2D eigenvalue weighted by molar-refractivity contribution is -0.130. The van der Waals surface area contributed by atoms with E-state index < -0.39 is 11.8 Å². The van der Waals surface area contributed by atoms with Gasteiger partial charge in [-0.05, 0) is 38.1 Å². The molecule has 0 heterocycles. The first-order valence-corrected chi connectivity index (χ1v) is 5.75. The monoisotopic (exact) mass is 274 g/mol. The normalized spacial score (nSPS) is 10.3. The number of allylic oxidation sites excluding steroid dienone is 2. The number of hydrogen-bond acceptors (Lipinski definition) is 5.